The van der Waals surface area contributed by atoms with Gasteiger partial charge in [-0.1, -0.05) is 75.8 Å². The third-order valence-corrected chi connectivity index (χ3v) is 4.89. The first-order valence-corrected chi connectivity index (χ1v) is 11.4. The van der Waals surface area contributed by atoms with Gasteiger partial charge in [0.05, 0.1) is 22.9 Å². The van der Waals surface area contributed by atoms with Crippen LogP contribution in [0.3, 0.4) is 0 Å². The Kier molecular flexibility index (Phi) is 11.4. The third kappa shape index (κ3) is 10.0. The van der Waals surface area contributed by atoms with Crippen LogP contribution in [0.5, 0.6) is 11.5 Å². The number of hydrogen-bond donors (Lipinski definition) is 0. The lowest BCUT2D eigenvalue weighted by Gasteiger charge is -2.12. The summed E-state index contributed by atoms with van der Waals surface area (Å²) >= 11 is 23.7. The lowest BCUT2D eigenvalue weighted by atomic mass is 10.1. The van der Waals surface area contributed by atoms with Crippen LogP contribution >= 0.6 is 46.4 Å². The summed E-state index contributed by atoms with van der Waals surface area (Å²) in [6.07, 6.45) is 6.12. The van der Waals surface area contributed by atoms with Gasteiger partial charge in [-0.2, -0.15) is 0 Å². The van der Waals surface area contributed by atoms with Crippen molar-refractivity contribution in [2.45, 2.75) is 39.2 Å². The smallest absolute Gasteiger partial charge is 0.156 e. The second kappa shape index (κ2) is 13.7. The average molecular weight is 505 g/mol. The summed E-state index contributed by atoms with van der Waals surface area (Å²) in [4.78, 5) is 5.17. The van der Waals surface area contributed by atoms with Gasteiger partial charge in [-0.25, -0.2) is 0 Å². The molecular formula is C23H25Cl4NO3. The van der Waals surface area contributed by atoms with Crippen molar-refractivity contribution in [3.8, 4) is 11.5 Å². The number of nitrogens with zero attached hydrogens (tertiary/aromatic N) is 1. The minimum atomic E-state index is 0.0758. The predicted octanol–water partition coefficient (Wildman–Crippen LogP) is 7.85. The normalized spacial score (nSPS) is 11.1. The van der Waals surface area contributed by atoms with Crippen molar-refractivity contribution >= 4 is 52.6 Å². The van der Waals surface area contributed by atoms with Gasteiger partial charge in [-0.05, 0) is 50.3 Å². The monoisotopic (exact) mass is 503 g/mol. The van der Waals surface area contributed by atoms with Gasteiger partial charge < -0.3 is 14.3 Å². The zero-order valence-electron chi connectivity index (χ0n) is 17.4. The Bertz CT molecular complexity index is 856. The highest BCUT2D eigenvalue weighted by Crippen LogP contribution is 2.37. The molecule has 0 saturated carbocycles. The van der Waals surface area contributed by atoms with E-state index >= 15 is 0 Å². The fraction of sp³-hybridized carbons (Fsp3) is 0.348. The van der Waals surface area contributed by atoms with E-state index in [4.69, 9.17) is 60.7 Å². The maximum absolute atomic E-state index is 6.28. The minimum Gasteiger partial charge on any atom is -0.490 e. The maximum atomic E-state index is 6.28. The van der Waals surface area contributed by atoms with E-state index in [2.05, 4.69) is 17.3 Å². The Morgan fingerprint density at radius 1 is 1.00 bits per heavy atom. The molecule has 0 bridgehead atoms. The number of oxime groups is 1. The first kappa shape index (κ1) is 25.7. The van der Waals surface area contributed by atoms with Crippen LogP contribution in [-0.2, 0) is 11.3 Å². The number of hydrogen-bond acceptors (Lipinski definition) is 4. The van der Waals surface area contributed by atoms with E-state index in [0.29, 0.717) is 28.2 Å². The second-order valence-electron chi connectivity index (χ2n) is 6.96. The second-order valence-corrected chi connectivity index (χ2v) is 8.78. The summed E-state index contributed by atoms with van der Waals surface area (Å²) in [6.45, 7) is 4.61. The summed E-state index contributed by atoms with van der Waals surface area (Å²) in [7, 11) is 0. The van der Waals surface area contributed by atoms with E-state index in [1.54, 1.807) is 18.3 Å². The Morgan fingerprint density at radius 3 is 2.29 bits per heavy atom. The number of ether oxygens (including phenoxy) is 2. The van der Waals surface area contributed by atoms with E-state index in [-0.39, 0.29) is 17.2 Å². The Labute approximate surface area is 203 Å². The fourth-order valence-electron chi connectivity index (χ4n) is 2.55. The number of aryl methyl sites for hydroxylation is 1. The molecule has 2 aromatic carbocycles. The molecule has 168 valence electrons. The van der Waals surface area contributed by atoms with Gasteiger partial charge in [0.15, 0.2) is 5.75 Å². The highest BCUT2D eigenvalue weighted by molar-refractivity contribution is 6.55. The van der Waals surface area contributed by atoms with Crippen LogP contribution in [0.25, 0.3) is 0 Å². The quantitative estimate of drug-likeness (QED) is 0.168. The first-order chi connectivity index (χ1) is 14.8. The van der Waals surface area contributed by atoms with Gasteiger partial charge >= 0.3 is 0 Å². The first-order valence-electron chi connectivity index (χ1n) is 9.89. The molecule has 2 rings (SSSR count). The van der Waals surface area contributed by atoms with Crippen molar-refractivity contribution in [3.05, 3.63) is 68.1 Å². The molecule has 0 N–H and O–H groups in total. The predicted molar refractivity (Wildman–Crippen MR) is 130 cm³/mol. The molecular weight excluding hydrogens is 480 g/mol. The van der Waals surface area contributed by atoms with Crippen molar-refractivity contribution in [3.63, 3.8) is 0 Å². The number of unbranched alkanes of at least 4 members (excludes halogenated alkanes) is 1. The molecule has 4 nitrogen and oxygen atoms in total. The average Bonchev–Trinajstić information content (AvgIpc) is 2.70. The Balaban J connectivity index is 1.75. The van der Waals surface area contributed by atoms with Crippen molar-refractivity contribution in [1.82, 2.24) is 0 Å². The van der Waals surface area contributed by atoms with E-state index in [0.717, 1.165) is 24.8 Å². The fourth-order valence-corrected chi connectivity index (χ4v) is 3.25. The molecule has 0 heterocycles. The molecule has 2 aromatic rings. The molecule has 0 radical (unpaired) electrons. The van der Waals surface area contributed by atoms with Crippen molar-refractivity contribution in [1.29, 1.82) is 0 Å². The lowest BCUT2D eigenvalue weighted by Crippen LogP contribution is -2.01. The SMILES string of the molecule is CC(C)ON=Cc1ccc(CCCCOc2c(Cl)cc(OCC=C(Cl)Cl)cc2Cl)cc1. The third-order valence-electron chi connectivity index (χ3n) is 4.02. The van der Waals surface area contributed by atoms with Gasteiger partial charge in [0.1, 0.15) is 23.0 Å². The molecule has 0 amide bonds. The van der Waals surface area contributed by atoms with Crippen LogP contribution in [0.4, 0.5) is 0 Å². The summed E-state index contributed by atoms with van der Waals surface area (Å²) < 4.78 is 11.4. The maximum Gasteiger partial charge on any atom is 0.156 e. The molecule has 0 aromatic heterocycles. The molecule has 0 aliphatic carbocycles. The van der Waals surface area contributed by atoms with Crippen LogP contribution < -0.4 is 9.47 Å². The zero-order valence-corrected chi connectivity index (χ0v) is 20.4. The topological polar surface area (TPSA) is 40.0 Å². The Hall–Kier alpha value is -1.59. The van der Waals surface area contributed by atoms with Crippen LogP contribution in [0.1, 0.15) is 37.8 Å². The lowest BCUT2D eigenvalue weighted by molar-refractivity contribution is 0.0874. The number of halogens is 4. The van der Waals surface area contributed by atoms with Gasteiger partial charge in [-0.3, -0.25) is 0 Å². The summed E-state index contributed by atoms with van der Waals surface area (Å²) in [6, 6.07) is 11.5. The van der Waals surface area contributed by atoms with Crippen LogP contribution in [0.2, 0.25) is 10.0 Å². The summed E-state index contributed by atoms with van der Waals surface area (Å²) in [5.74, 6) is 0.964. The van der Waals surface area contributed by atoms with Crippen molar-refractivity contribution in [2.75, 3.05) is 13.2 Å². The van der Waals surface area contributed by atoms with Gasteiger partial charge in [-0.15, -0.1) is 0 Å². The van der Waals surface area contributed by atoms with Gasteiger partial charge in [0, 0.05) is 12.1 Å². The molecule has 8 heteroatoms. The van der Waals surface area contributed by atoms with Crippen molar-refractivity contribution in [2.24, 2.45) is 5.16 Å². The number of rotatable bonds is 12. The van der Waals surface area contributed by atoms with E-state index in [1.807, 2.05) is 26.0 Å². The molecule has 31 heavy (non-hydrogen) atoms. The molecule has 0 aliphatic heterocycles. The van der Waals surface area contributed by atoms with E-state index in [9.17, 15) is 0 Å². The van der Waals surface area contributed by atoms with Crippen LogP contribution in [0, 0.1) is 0 Å². The van der Waals surface area contributed by atoms with Gasteiger partial charge in [0.2, 0.25) is 0 Å². The molecule has 0 unspecified atom stereocenters. The minimum absolute atomic E-state index is 0.0758. The molecule has 0 spiro atoms. The summed E-state index contributed by atoms with van der Waals surface area (Å²) in [5.41, 5.74) is 2.26. The molecule has 0 fully saturated rings. The van der Waals surface area contributed by atoms with Crippen LogP contribution in [0.15, 0.2) is 52.1 Å². The van der Waals surface area contributed by atoms with Gasteiger partial charge in [0.25, 0.3) is 0 Å². The zero-order chi connectivity index (χ0) is 22.6. The highest BCUT2D eigenvalue weighted by Gasteiger charge is 2.10. The summed E-state index contributed by atoms with van der Waals surface area (Å²) in [5, 5.41) is 4.72. The highest BCUT2D eigenvalue weighted by atomic mass is 35.5. The Morgan fingerprint density at radius 2 is 1.68 bits per heavy atom. The molecule has 0 aliphatic rings. The molecule has 0 saturated heterocycles. The van der Waals surface area contributed by atoms with E-state index in [1.165, 1.54) is 11.6 Å². The van der Waals surface area contributed by atoms with Crippen molar-refractivity contribution < 1.29 is 14.3 Å². The van der Waals surface area contributed by atoms with Crippen LogP contribution in [-0.4, -0.2) is 25.5 Å². The largest absolute Gasteiger partial charge is 0.490 e. The standard InChI is InChI=1S/C23H25Cl4NO3/c1-16(2)31-28-15-18-8-6-17(7-9-18)5-3-4-11-30-23-20(24)13-19(14-21(23)25)29-12-10-22(26)27/h6-10,13-16H,3-5,11-12H2,1-2H3. The number of benzene rings is 2. The molecule has 0 atom stereocenters. The van der Waals surface area contributed by atoms with E-state index < -0.39 is 0 Å².